The molecule has 1 aliphatic rings. The monoisotopic (exact) mass is 342 g/mol. The molecule has 0 unspecified atom stereocenters. The molecule has 0 radical (unpaired) electrons. The maximum Gasteiger partial charge on any atom is 0.227 e. The van der Waals surface area contributed by atoms with Crippen molar-refractivity contribution in [2.45, 2.75) is 36.5 Å². The second-order valence-corrected chi connectivity index (χ2v) is 7.86. The Labute approximate surface area is 147 Å². The van der Waals surface area contributed by atoms with E-state index in [2.05, 4.69) is 31.0 Å². The summed E-state index contributed by atoms with van der Waals surface area (Å²) < 4.78 is 5.77. The molecule has 1 fully saturated rings. The molecule has 0 aliphatic carbocycles. The maximum absolute atomic E-state index is 12.3. The van der Waals surface area contributed by atoms with Crippen molar-refractivity contribution in [2.75, 3.05) is 13.1 Å². The number of rotatable bonds is 6. The van der Waals surface area contributed by atoms with Gasteiger partial charge in [-0.15, -0.1) is 11.8 Å². The standard InChI is InChI=1S/C19H22N2O2S/c1-14(2)24-18-7-5-15(6-8-18)10-19(22)21-12-17(13-21)23-16-4-3-9-20-11-16/h3-9,11,14,17H,10,12-13H2,1-2H3. The smallest absolute Gasteiger partial charge is 0.227 e. The number of carbonyl (C=O) groups excluding carboxylic acids is 1. The van der Waals surface area contributed by atoms with Crippen molar-refractivity contribution >= 4 is 17.7 Å². The summed E-state index contributed by atoms with van der Waals surface area (Å²) in [7, 11) is 0. The molecule has 1 aromatic heterocycles. The van der Waals surface area contributed by atoms with Crippen LogP contribution in [-0.4, -0.2) is 40.2 Å². The van der Waals surface area contributed by atoms with Crippen LogP contribution in [0.15, 0.2) is 53.7 Å². The van der Waals surface area contributed by atoms with Gasteiger partial charge in [0.2, 0.25) is 5.91 Å². The van der Waals surface area contributed by atoms with Crippen LogP contribution in [0.1, 0.15) is 19.4 Å². The van der Waals surface area contributed by atoms with Gasteiger partial charge < -0.3 is 9.64 Å². The van der Waals surface area contributed by atoms with E-state index in [0.29, 0.717) is 24.8 Å². The number of pyridine rings is 1. The van der Waals surface area contributed by atoms with E-state index < -0.39 is 0 Å². The minimum atomic E-state index is 0.0722. The number of thioether (sulfide) groups is 1. The molecule has 0 saturated carbocycles. The highest BCUT2D eigenvalue weighted by Crippen LogP contribution is 2.23. The normalized spacial score (nSPS) is 14.5. The molecule has 24 heavy (non-hydrogen) atoms. The van der Waals surface area contributed by atoms with Crippen LogP contribution in [0.5, 0.6) is 5.75 Å². The Morgan fingerprint density at radius 2 is 2.04 bits per heavy atom. The van der Waals surface area contributed by atoms with E-state index in [1.54, 1.807) is 12.4 Å². The summed E-state index contributed by atoms with van der Waals surface area (Å²) in [6.07, 6.45) is 3.94. The van der Waals surface area contributed by atoms with E-state index in [0.717, 1.165) is 11.3 Å². The quantitative estimate of drug-likeness (QED) is 0.755. The van der Waals surface area contributed by atoms with Gasteiger partial charge in [-0.1, -0.05) is 26.0 Å². The molecule has 5 heteroatoms. The minimum absolute atomic E-state index is 0.0722. The number of aromatic nitrogens is 1. The summed E-state index contributed by atoms with van der Waals surface area (Å²) in [5, 5.41) is 0.565. The molecule has 1 amide bonds. The van der Waals surface area contributed by atoms with Crippen molar-refractivity contribution in [3.63, 3.8) is 0 Å². The highest BCUT2D eigenvalue weighted by molar-refractivity contribution is 7.99. The van der Waals surface area contributed by atoms with Gasteiger partial charge in [-0.2, -0.15) is 0 Å². The third kappa shape index (κ3) is 4.51. The number of carbonyl (C=O) groups is 1. The Kier molecular flexibility index (Phi) is 5.41. The Hall–Kier alpha value is -2.01. The lowest BCUT2D eigenvalue weighted by Crippen LogP contribution is -2.56. The molecular formula is C19H22N2O2S. The Bertz CT molecular complexity index is 668. The summed E-state index contributed by atoms with van der Waals surface area (Å²) in [5.74, 6) is 0.915. The fourth-order valence-electron chi connectivity index (χ4n) is 2.57. The number of hydrogen-bond donors (Lipinski definition) is 0. The summed E-state index contributed by atoms with van der Waals surface area (Å²) in [6.45, 7) is 5.65. The molecule has 2 heterocycles. The molecular weight excluding hydrogens is 320 g/mol. The van der Waals surface area contributed by atoms with Gasteiger partial charge >= 0.3 is 0 Å². The minimum Gasteiger partial charge on any atom is -0.485 e. The van der Waals surface area contributed by atoms with Crippen molar-refractivity contribution in [1.82, 2.24) is 9.88 Å². The van der Waals surface area contributed by atoms with Crippen LogP contribution in [0.4, 0.5) is 0 Å². The van der Waals surface area contributed by atoms with Gasteiger partial charge in [0.05, 0.1) is 25.7 Å². The number of amides is 1. The fourth-order valence-corrected chi connectivity index (χ4v) is 3.41. The number of nitrogens with zero attached hydrogens (tertiary/aromatic N) is 2. The average molecular weight is 342 g/mol. The van der Waals surface area contributed by atoms with Crippen LogP contribution >= 0.6 is 11.8 Å². The van der Waals surface area contributed by atoms with E-state index in [4.69, 9.17) is 4.74 Å². The molecule has 0 N–H and O–H groups in total. The van der Waals surface area contributed by atoms with E-state index in [9.17, 15) is 4.79 Å². The van der Waals surface area contributed by atoms with Gasteiger partial charge in [-0.3, -0.25) is 9.78 Å². The van der Waals surface area contributed by atoms with E-state index >= 15 is 0 Å². The van der Waals surface area contributed by atoms with Gasteiger partial charge in [0.15, 0.2) is 0 Å². The lowest BCUT2D eigenvalue weighted by molar-refractivity contribution is -0.139. The second kappa shape index (κ2) is 7.71. The molecule has 2 aromatic rings. The Balaban J connectivity index is 1.45. The number of benzene rings is 1. The molecule has 0 bridgehead atoms. The van der Waals surface area contributed by atoms with Crippen LogP contribution in [0.3, 0.4) is 0 Å². The van der Waals surface area contributed by atoms with Crippen LogP contribution in [0.25, 0.3) is 0 Å². The van der Waals surface area contributed by atoms with Crippen LogP contribution in [-0.2, 0) is 11.2 Å². The molecule has 1 saturated heterocycles. The molecule has 0 spiro atoms. The second-order valence-electron chi connectivity index (χ2n) is 6.21. The first-order valence-electron chi connectivity index (χ1n) is 8.20. The molecule has 1 aliphatic heterocycles. The zero-order valence-corrected chi connectivity index (χ0v) is 14.8. The van der Waals surface area contributed by atoms with Crippen molar-refractivity contribution in [1.29, 1.82) is 0 Å². The van der Waals surface area contributed by atoms with Crippen LogP contribution in [0, 0.1) is 0 Å². The predicted octanol–water partition coefficient (Wildman–Crippen LogP) is 3.41. The molecule has 126 valence electrons. The lowest BCUT2D eigenvalue weighted by Gasteiger charge is -2.39. The zero-order chi connectivity index (χ0) is 16.9. The zero-order valence-electron chi connectivity index (χ0n) is 14.0. The average Bonchev–Trinajstić information content (AvgIpc) is 2.53. The first-order chi connectivity index (χ1) is 11.6. The topological polar surface area (TPSA) is 42.4 Å². The maximum atomic E-state index is 12.3. The van der Waals surface area contributed by atoms with Gasteiger partial charge in [0.1, 0.15) is 11.9 Å². The SMILES string of the molecule is CC(C)Sc1ccc(CC(=O)N2CC(Oc3cccnc3)C2)cc1. The van der Waals surface area contributed by atoms with Crippen LogP contribution in [0.2, 0.25) is 0 Å². The largest absolute Gasteiger partial charge is 0.485 e. The first-order valence-corrected chi connectivity index (χ1v) is 9.08. The summed E-state index contributed by atoms with van der Waals surface area (Å²) >= 11 is 1.83. The predicted molar refractivity (Wildman–Crippen MR) is 96.4 cm³/mol. The summed E-state index contributed by atoms with van der Waals surface area (Å²) in [6, 6.07) is 12.0. The van der Waals surface area contributed by atoms with Gasteiger partial charge in [0, 0.05) is 16.3 Å². The highest BCUT2D eigenvalue weighted by Gasteiger charge is 2.32. The molecule has 0 atom stereocenters. The van der Waals surface area contributed by atoms with E-state index in [1.165, 1.54) is 4.90 Å². The number of hydrogen-bond acceptors (Lipinski definition) is 4. The Morgan fingerprint density at radius 1 is 1.29 bits per heavy atom. The molecule has 1 aromatic carbocycles. The number of ether oxygens (including phenoxy) is 1. The van der Waals surface area contributed by atoms with Crippen LogP contribution < -0.4 is 4.74 Å². The van der Waals surface area contributed by atoms with E-state index in [1.807, 2.05) is 40.9 Å². The fraction of sp³-hybridized carbons (Fsp3) is 0.368. The third-order valence-electron chi connectivity index (χ3n) is 3.79. The van der Waals surface area contributed by atoms with Gasteiger partial charge in [-0.25, -0.2) is 0 Å². The summed E-state index contributed by atoms with van der Waals surface area (Å²) in [4.78, 5) is 19.4. The number of likely N-dealkylation sites (tertiary alicyclic amines) is 1. The van der Waals surface area contributed by atoms with Crippen molar-refractivity contribution < 1.29 is 9.53 Å². The van der Waals surface area contributed by atoms with Crippen molar-refractivity contribution in [3.8, 4) is 5.75 Å². The van der Waals surface area contributed by atoms with E-state index in [-0.39, 0.29) is 12.0 Å². The Morgan fingerprint density at radius 3 is 2.67 bits per heavy atom. The highest BCUT2D eigenvalue weighted by atomic mass is 32.2. The molecule has 3 rings (SSSR count). The first kappa shape index (κ1) is 16.8. The third-order valence-corrected chi connectivity index (χ3v) is 4.80. The molecule has 4 nitrogen and oxygen atoms in total. The lowest BCUT2D eigenvalue weighted by atomic mass is 10.1. The van der Waals surface area contributed by atoms with Crippen molar-refractivity contribution in [3.05, 3.63) is 54.4 Å². The van der Waals surface area contributed by atoms with Crippen molar-refractivity contribution in [2.24, 2.45) is 0 Å². The summed E-state index contributed by atoms with van der Waals surface area (Å²) in [5.41, 5.74) is 1.06. The van der Waals surface area contributed by atoms with Gasteiger partial charge in [-0.05, 0) is 29.8 Å². The van der Waals surface area contributed by atoms with Gasteiger partial charge in [0.25, 0.3) is 0 Å².